The molecule has 1 atom stereocenters. The normalized spacial score (nSPS) is 16.4. The molecule has 6 nitrogen and oxygen atoms in total. The first-order valence-electron chi connectivity index (χ1n) is 9.51. The lowest BCUT2D eigenvalue weighted by atomic mass is 10.0. The summed E-state index contributed by atoms with van der Waals surface area (Å²) in [6.45, 7) is 0. The summed E-state index contributed by atoms with van der Waals surface area (Å²) < 4.78 is 5.20. The molecule has 5 rings (SSSR count). The number of Topliss-reactive ketones (excluding diaryl/α,β-unsaturated/α-hetero) is 1. The molecule has 0 radical (unpaired) electrons. The van der Waals surface area contributed by atoms with Gasteiger partial charge < -0.3 is 10.1 Å². The molecule has 146 valence electrons. The Balaban J connectivity index is 1.53. The molecule has 1 N–H and O–H groups in total. The highest BCUT2D eigenvalue weighted by molar-refractivity contribution is 6.22. The van der Waals surface area contributed by atoms with E-state index in [1.165, 1.54) is 0 Å². The van der Waals surface area contributed by atoms with Crippen molar-refractivity contribution in [2.45, 2.75) is 6.04 Å². The summed E-state index contributed by atoms with van der Waals surface area (Å²) in [5.74, 6) is 0.303. The number of azo groups is 1. The van der Waals surface area contributed by atoms with Gasteiger partial charge in [0.2, 0.25) is 0 Å². The number of carbonyl (C=O) groups excluding carboxylic acids is 2. The van der Waals surface area contributed by atoms with Crippen molar-refractivity contribution in [3.63, 3.8) is 0 Å². The Labute approximate surface area is 172 Å². The van der Waals surface area contributed by atoms with Crippen LogP contribution in [0.2, 0.25) is 0 Å². The first-order valence-corrected chi connectivity index (χ1v) is 9.51. The highest BCUT2D eigenvalue weighted by Crippen LogP contribution is 2.49. The number of carbonyl (C=O) groups is 2. The number of ether oxygens (including phenoxy) is 1. The van der Waals surface area contributed by atoms with Crippen LogP contribution in [0.3, 0.4) is 0 Å². The van der Waals surface area contributed by atoms with Crippen LogP contribution in [-0.2, 0) is 0 Å². The van der Waals surface area contributed by atoms with Gasteiger partial charge in [0.25, 0.3) is 5.91 Å². The third-order valence-electron chi connectivity index (χ3n) is 5.31. The summed E-state index contributed by atoms with van der Waals surface area (Å²) in [7, 11) is 1.60. The third kappa shape index (κ3) is 2.81. The van der Waals surface area contributed by atoms with Gasteiger partial charge in [-0.3, -0.25) is 9.59 Å². The average Bonchev–Trinajstić information content (AvgIpc) is 3.35. The highest BCUT2D eigenvalue weighted by atomic mass is 16.5. The fourth-order valence-corrected chi connectivity index (χ4v) is 3.84. The number of amides is 1. The fourth-order valence-electron chi connectivity index (χ4n) is 3.84. The van der Waals surface area contributed by atoms with Crippen LogP contribution in [0, 0.1) is 0 Å². The van der Waals surface area contributed by atoms with Gasteiger partial charge in [-0.25, -0.2) is 0 Å². The predicted molar refractivity (Wildman–Crippen MR) is 113 cm³/mol. The van der Waals surface area contributed by atoms with Crippen molar-refractivity contribution in [3.8, 4) is 5.75 Å². The predicted octanol–water partition coefficient (Wildman–Crippen LogP) is 5.06. The molecule has 2 aliphatic rings. The third-order valence-corrected chi connectivity index (χ3v) is 5.31. The molecule has 1 heterocycles. The Hall–Kier alpha value is -4.06. The van der Waals surface area contributed by atoms with Crippen molar-refractivity contribution in [2.24, 2.45) is 10.2 Å². The minimum absolute atomic E-state index is 0.158. The molecule has 6 heteroatoms. The zero-order valence-corrected chi connectivity index (χ0v) is 16.1. The smallest absolute Gasteiger partial charge is 0.255 e. The van der Waals surface area contributed by atoms with E-state index in [2.05, 4.69) is 15.5 Å². The van der Waals surface area contributed by atoms with Crippen molar-refractivity contribution in [1.29, 1.82) is 0 Å². The van der Waals surface area contributed by atoms with Gasteiger partial charge in [0.05, 0.1) is 23.9 Å². The molecule has 0 fully saturated rings. The maximum Gasteiger partial charge on any atom is 0.255 e. The van der Waals surface area contributed by atoms with Crippen molar-refractivity contribution in [2.75, 3.05) is 12.4 Å². The molecule has 0 saturated heterocycles. The molecule has 1 unspecified atom stereocenters. The monoisotopic (exact) mass is 395 g/mol. The van der Waals surface area contributed by atoms with Crippen LogP contribution in [0.15, 0.2) is 88.6 Å². The SMILES string of the molecule is COc1ccc(C2=C3C(=O)c4c(NC(=O)c5ccccc5)cccc4C3N=N2)cc1. The Morgan fingerprint density at radius 2 is 1.73 bits per heavy atom. The number of benzene rings is 3. The van der Waals surface area contributed by atoms with Crippen molar-refractivity contribution >= 4 is 23.1 Å². The van der Waals surface area contributed by atoms with Gasteiger partial charge in [-0.05, 0) is 48.0 Å². The summed E-state index contributed by atoms with van der Waals surface area (Å²) in [5.41, 5.74) is 4.14. The number of nitrogens with zero attached hydrogens (tertiary/aromatic N) is 2. The summed E-state index contributed by atoms with van der Waals surface area (Å²) in [4.78, 5) is 26.0. The zero-order chi connectivity index (χ0) is 20.7. The Kier molecular flexibility index (Phi) is 4.25. The van der Waals surface area contributed by atoms with Gasteiger partial charge in [-0.1, -0.05) is 30.3 Å². The highest BCUT2D eigenvalue weighted by Gasteiger charge is 2.42. The second kappa shape index (κ2) is 7.08. The van der Waals surface area contributed by atoms with Crippen LogP contribution >= 0.6 is 0 Å². The van der Waals surface area contributed by atoms with Gasteiger partial charge in [-0.2, -0.15) is 10.2 Å². The number of hydrogen-bond donors (Lipinski definition) is 1. The van der Waals surface area contributed by atoms with E-state index in [1.54, 1.807) is 37.4 Å². The van der Waals surface area contributed by atoms with Crippen LogP contribution in [0.4, 0.5) is 5.69 Å². The quantitative estimate of drug-likeness (QED) is 0.670. The van der Waals surface area contributed by atoms with Crippen molar-refractivity contribution in [1.82, 2.24) is 0 Å². The van der Waals surface area contributed by atoms with Crippen LogP contribution in [0.5, 0.6) is 5.75 Å². The molecule has 0 bridgehead atoms. The number of nitrogens with one attached hydrogen (secondary N) is 1. The number of methoxy groups -OCH3 is 1. The van der Waals surface area contributed by atoms with E-state index in [9.17, 15) is 9.59 Å². The molecular weight excluding hydrogens is 378 g/mol. The number of anilines is 1. The van der Waals surface area contributed by atoms with Gasteiger partial charge in [0, 0.05) is 11.1 Å². The maximum atomic E-state index is 13.4. The lowest BCUT2D eigenvalue weighted by Crippen LogP contribution is -2.14. The zero-order valence-electron chi connectivity index (χ0n) is 16.1. The van der Waals surface area contributed by atoms with Crippen LogP contribution in [0.25, 0.3) is 5.70 Å². The average molecular weight is 395 g/mol. The largest absolute Gasteiger partial charge is 0.497 e. The molecule has 0 saturated carbocycles. The van der Waals surface area contributed by atoms with E-state index in [-0.39, 0.29) is 11.7 Å². The lowest BCUT2D eigenvalue weighted by Gasteiger charge is -2.10. The van der Waals surface area contributed by atoms with Crippen molar-refractivity contribution < 1.29 is 14.3 Å². The van der Waals surface area contributed by atoms with E-state index in [0.717, 1.165) is 16.9 Å². The Bertz CT molecular complexity index is 1230. The Morgan fingerprint density at radius 3 is 2.47 bits per heavy atom. The molecule has 30 heavy (non-hydrogen) atoms. The lowest BCUT2D eigenvalue weighted by molar-refractivity contribution is 0.102. The summed E-state index contributed by atoms with van der Waals surface area (Å²) in [6, 6.07) is 21.2. The van der Waals surface area contributed by atoms with E-state index in [0.29, 0.717) is 28.1 Å². The summed E-state index contributed by atoms with van der Waals surface area (Å²) in [5, 5.41) is 11.5. The van der Waals surface area contributed by atoms with Gasteiger partial charge in [0.15, 0.2) is 5.78 Å². The second-order valence-electron chi connectivity index (χ2n) is 7.03. The van der Waals surface area contributed by atoms with E-state index < -0.39 is 6.04 Å². The van der Waals surface area contributed by atoms with Gasteiger partial charge in [0.1, 0.15) is 17.5 Å². The molecule has 1 aliphatic carbocycles. The van der Waals surface area contributed by atoms with E-state index in [4.69, 9.17) is 4.74 Å². The molecule has 3 aromatic rings. The maximum absolute atomic E-state index is 13.4. The van der Waals surface area contributed by atoms with E-state index >= 15 is 0 Å². The minimum Gasteiger partial charge on any atom is -0.497 e. The molecular formula is C24H17N3O3. The van der Waals surface area contributed by atoms with Gasteiger partial charge >= 0.3 is 0 Å². The Morgan fingerprint density at radius 1 is 0.967 bits per heavy atom. The molecule has 1 aliphatic heterocycles. The molecule has 0 spiro atoms. The van der Waals surface area contributed by atoms with Crippen LogP contribution in [-0.4, -0.2) is 18.8 Å². The molecule has 0 aromatic heterocycles. The fraction of sp³-hybridized carbons (Fsp3) is 0.0833. The first kappa shape index (κ1) is 18.0. The van der Waals surface area contributed by atoms with Crippen molar-refractivity contribution in [3.05, 3.63) is 101 Å². The standard InChI is InChI=1S/C24H17N3O3/c1-30-16-12-10-14(11-13-16)21-20-22(27-26-21)17-8-5-9-18(19(17)23(20)28)25-24(29)15-6-3-2-4-7-15/h2-13,22H,1H3,(H,25,29). The minimum atomic E-state index is -0.446. The van der Waals surface area contributed by atoms with Crippen LogP contribution < -0.4 is 10.1 Å². The second-order valence-corrected chi connectivity index (χ2v) is 7.03. The number of ketones is 1. The van der Waals surface area contributed by atoms with Gasteiger partial charge in [-0.15, -0.1) is 0 Å². The topological polar surface area (TPSA) is 80.1 Å². The molecule has 3 aromatic carbocycles. The molecule has 1 amide bonds. The van der Waals surface area contributed by atoms with Crippen LogP contribution in [0.1, 0.15) is 37.9 Å². The summed E-state index contributed by atoms with van der Waals surface area (Å²) in [6.07, 6.45) is 0. The summed E-state index contributed by atoms with van der Waals surface area (Å²) >= 11 is 0. The number of fused-ring (bicyclic) bond motifs is 3. The van der Waals surface area contributed by atoms with E-state index in [1.807, 2.05) is 42.5 Å². The first-order chi connectivity index (χ1) is 14.7. The number of hydrogen-bond acceptors (Lipinski definition) is 5. The number of rotatable bonds is 4.